The Bertz CT molecular complexity index is 299. The molecule has 0 saturated carbocycles. The number of unbranched alkanes of at least 4 members (excludes halogenated alkanes) is 5. The van der Waals surface area contributed by atoms with Crippen LogP contribution >= 0.6 is 0 Å². The monoisotopic (exact) mass is 312 g/mol. The van der Waals surface area contributed by atoms with E-state index in [-0.39, 0.29) is 13.2 Å². The molecule has 0 radical (unpaired) electrons. The van der Waals surface area contributed by atoms with E-state index >= 15 is 0 Å². The van der Waals surface area contributed by atoms with Gasteiger partial charge in [0.25, 0.3) is 0 Å². The Labute approximate surface area is 135 Å². The molecule has 128 valence electrons. The van der Waals surface area contributed by atoms with Crippen LogP contribution < -0.4 is 4.74 Å². The molecule has 0 saturated heterocycles. The molecular formula is C18H32O4. The maximum Gasteiger partial charge on any atom is 0.119 e. The summed E-state index contributed by atoms with van der Waals surface area (Å²) >= 11 is 0. The average molecular weight is 312 g/mol. The van der Waals surface area contributed by atoms with Gasteiger partial charge in [0, 0.05) is 0 Å². The van der Waals surface area contributed by atoms with Crippen molar-refractivity contribution < 1.29 is 19.7 Å². The van der Waals surface area contributed by atoms with Crippen LogP contribution in [0.2, 0.25) is 0 Å². The maximum absolute atomic E-state index is 8.09. The molecule has 0 aliphatic heterocycles. The highest BCUT2D eigenvalue weighted by Gasteiger charge is 1.92. The van der Waals surface area contributed by atoms with Gasteiger partial charge in [-0.1, -0.05) is 57.2 Å². The van der Waals surface area contributed by atoms with Crippen LogP contribution in [0.1, 0.15) is 45.4 Å². The summed E-state index contributed by atoms with van der Waals surface area (Å²) in [6.45, 7) is 3.80. The van der Waals surface area contributed by atoms with Gasteiger partial charge in [0.1, 0.15) is 5.75 Å². The van der Waals surface area contributed by atoms with Crippen molar-refractivity contribution in [3.63, 3.8) is 0 Å². The number of rotatable bonds is 12. The quantitative estimate of drug-likeness (QED) is 0.581. The Morgan fingerprint density at radius 2 is 1.36 bits per heavy atom. The fourth-order valence-electron chi connectivity index (χ4n) is 1.82. The van der Waals surface area contributed by atoms with E-state index in [1.165, 1.54) is 38.5 Å². The summed E-state index contributed by atoms with van der Waals surface area (Å²) in [5.41, 5.74) is 0. The lowest BCUT2D eigenvalue weighted by atomic mass is 10.1. The first kappa shape index (κ1) is 20.9. The lowest BCUT2D eigenvalue weighted by molar-refractivity contribution is 0.0650. The third-order valence-corrected chi connectivity index (χ3v) is 2.98. The zero-order valence-electron chi connectivity index (χ0n) is 13.9. The first-order valence-corrected chi connectivity index (χ1v) is 8.32. The van der Waals surface area contributed by atoms with Crippen molar-refractivity contribution in [2.24, 2.45) is 0 Å². The Kier molecular flexibility index (Phi) is 17.1. The summed E-state index contributed by atoms with van der Waals surface area (Å²) in [6.07, 6.45) is 7.90. The second-order valence-corrected chi connectivity index (χ2v) is 4.99. The summed E-state index contributed by atoms with van der Waals surface area (Å²) in [6, 6.07) is 10.1. The SMILES string of the molecule is CCCCCCCCOc1ccccc1.OCCOCCO. The Balaban J connectivity index is 0.000000534. The van der Waals surface area contributed by atoms with Gasteiger partial charge in [-0.3, -0.25) is 0 Å². The van der Waals surface area contributed by atoms with Gasteiger partial charge in [-0.25, -0.2) is 0 Å². The highest BCUT2D eigenvalue weighted by molar-refractivity contribution is 5.20. The molecule has 0 amide bonds. The molecule has 0 aromatic heterocycles. The van der Waals surface area contributed by atoms with E-state index < -0.39 is 0 Å². The predicted octanol–water partition coefficient (Wildman–Crippen LogP) is 3.41. The Morgan fingerprint density at radius 3 is 1.95 bits per heavy atom. The van der Waals surface area contributed by atoms with E-state index in [2.05, 4.69) is 11.7 Å². The third kappa shape index (κ3) is 15.3. The zero-order valence-corrected chi connectivity index (χ0v) is 13.9. The first-order chi connectivity index (χ1) is 10.8. The highest BCUT2D eigenvalue weighted by Crippen LogP contribution is 2.10. The van der Waals surface area contributed by atoms with E-state index in [1.54, 1.807) is 0 Å². The standard InChI is InChI=1S/C14H22O.C4H10O3/c1-2-3-4-5-6-10-13-15-14-11-8-7-9-12-14;5-1-3-7-4-2-6/h7-9,11-12H,2-6,10,13H2,1H3;5-6H,1-4H2. The lowest BCUT2D eigenvalue weighted by Crippen LogP contribution is -2.03. The molecule has 1 aromatic rings. The summed E-state index contributed by atoms with van der Waals surface area (Å²) in [5.74, 6) is 0.992. The molecule has 1 aromatic carbocycles. The van der Waals surface area contributed by atoms with Crippen molar-refractivity contribution in [1.29, 1.82) is 0 Å². The molecule has 0 atom stereocenters. The molecule has 2 N–H and O–H groups in total. The van der Waals surface area contributed by atoms with Crippen LogP contribution in [-0.2, 0) is 4.74 Å². The number of para-hydroxylation sites is 1. The van der Waals surface area contributed by atoms with Gasteiger partial charge in [0.2, 0.25) is 0 Å². The average Bonchev–Trinajstić information content (AvgIpc) is 2.56. The van der Waals surface area contributed by atoms with Crippen LogP contribution in [0.25, 0.3) is 0 Å². The molecule has 0 aliphatic carbocycles. The minimum atomic E-state index is 0.0278. The maximum atomic E-state index is 8.09. The van der Waals surface area contributed by atoms with E-state index in [4.69, 9.17) is 14.9 Å². The predicted molar refractivity (Wildman–Crippen MR) is 90.3 cm³/mol. The summed E-state index contributed by atoms with van der Waals surface area (Å²) < 4.78 is 10.2. The van der Waals surface area contributed by atoms with Crippen molar-refractivity contribution in [3.8, 4) is 5.75 Å². The van der Waals surface area contributed by atoms with Crippen LogP contribution in [0.4, 0.5) is 0 Å². The van der Waals surface area contributed by atoms with Gasteiger partial charge in [0.15, 0.2) is 0 Å². The van der Waals surface area contributed by atoms with Crippen molar-refractivity contribution in [3.05, 3.63) is 30.3 Å². The fraction of sp³-hybridized carbons (Fsp3) is 0.667. The minimum absolute atomic E-state index is 0.0278. The second-order valence-electron chi connectivity index (χ2n) is 4.99. The van der Waals surface area contributed by atoms with Crippen molar-refractivity contribution in [2.75, 3.05) is 33.0 Å². The van der Waals surface area contributed by atoms with Crippen molar-refractivity contribution >= 4 is 0 Å². The van der Waals surface area contributed by atoms with Gasteiger partial charge >= 0.3 is 0 Å². The fourth-order valence-corrected chi connectivity index (χ4v) is 1.82. The van der Waals surface area contributed by atoms with E-state index in [9.17, 15) is 0 Å². The molecule has 0 heterocycles. The normalized spacial score (nSPS) is 9.95. The van der Waals surface area contributed by atoms with E-state index in [0.29, 0.717) is 13.2 Å². The molecule has 0 bridgehead atoms. The molecule has 22 heavy (non-hydrogen) atoms. The topological polar surface area (TPSA) is 58.9 Å². The summed E-state index contributed by atoms with van der Waals surface area (Å²) in [5, 5.41) is 16.2. The third-order valence-electron chi connectivity index (χ3n) is 2.98. The molecule has 0 spiro atoms. The van der Waals surface area contributed by atoms with Crippen molar-refractivity contribution in [2.45, 2.75) is 45.4 Å². The van der Waals surface area contributed by atoms with Gasteiger partial charge in [-0.2, -0.15) is 0 Å². The van der Waals surface area contributed by atoms with Crippen LogP contribution in [-0.4, -0.2) is 43.2 Å². The van der Waals surface area contributed by atoms with Crippen molar-refractivity contribution in [1.82, 2.24) is 0 Å². The zero-order chi connectivity index (χ0) is 16.3. The summed E-state index contributed by atoms with van der Waals surface area (Å²) in [4.78, 5) is 0. The van der Waals surface area contributed by atoms with Crippen LogP contribution in [0.3, 0.4) is 0 Å². The minimum Gasteiger partial charge on any atom is -0.494 e. The molecule has 0 aliphatic rings. The summed E-state index contributed by atoms with van der Waals surface area (Å²) in [7, 11) is 0. The number of aliphatic hydroxyl groups excluding tert-OH is 2. The Morgan fingerprint density at radius 1 is 0.773 bits per heavy atom. The van der Waals surface area contributed by atoms with Crippen LogP contribution in [0, 0.1) is 0 Å². The number of benzene rings is 1. The molecule has 4 nitrogen and oxygen atoms in total. The molecule has 4 heteroatoms. The highest BCUT2D eigenvalue weighted by atomic mass is 16.5. The van der Waals surface area contributed by atoms with E-state index in [1.807, 2.05) is 30.3 Å². The first-order valence-electron chi connectivity index (χ1n) is 8.32. The number of hydrogen-bond acceptors (Lipinski definition) is 4. The largest absolute Gasteiger partial charge is 0.494 e. The van der Waals surface area contributed by atoms with Gasteiger partial charge < -0.3 is 19.7 Å². The number of ether oxygens (including phenoxy) is 2. The van der Waals surface area contributed by atoms with Gasteiger partial charge in [0.05, 0.1) is 33.0 Å². The Hall–Kier alpha value is -1.10. The van der Waals surface area contributed by atoms with Gasteiger partial charge in [-0.15, -0.1) is 0 Å². The second kappa shape index (κ2) is 18.0. The smallest absolute Gasteiger partial charge is 0.119 e. The van der Waals surface area contributed by atoms with Crippen LogP contribution in [0.5, 0.6) is 5.75 Å². The molecule has 0 fully saturated rings. The molecular weight excluding hydrogens is 280 g/mol. The number of aliphatic hydroxyl groups is 2. The van der Waals surface area contributed by atoms with Crippen LogP contribution in [0.15, 0.2) is 30.3 Å². The lowest BCUT2D eigenvalue weighted by Gasteiger charge is -2.05. The van der Waals surface area contributed by atoms with Gasteiger partial charge in [-0.05, 0) is 18.6 Å². The molecule has 0 unspecified atom stereocenters. The molecule has 1 rings (SSSR count). The number of hydrogen-bond donors (Lipinski definition) is 2. The van der Waals surface area contributed by atoms with E-state index in [0.717, 1.165) is 12.4 Å².